The molecular weight excluding hydrogens is 186 g/mol. The van der Waals surface area contributed by atoms with Gasteiger partial charge in [-0.15, -0.1) is 0 Å². The highest BCUT2D eigenvalue weighted by molar-refractivity contribution is 4.92. The lowest BCUT2D eigenvalue weighted by atomic mass is 9.81. The first-order valence-corrected chi connectivity index (χ1v) is 6.51. The highest BCUT2D eigenvalue weighted by atomic mass is 16.5. The lowest BCUT2D eigenvalue weighted by molar-refractivity contribution is 0.0984. The van der Waals surface area contributed by atoms with Gasteiger partial charge < -0.3 is 10.1 Å². The van der Waals surface area contributed by atoms with Crippen LogP contribution in [0, 0.1) is 11.3 Å². The Balaban J connectivity index is 2.25. The minimum atomic E-state index is 0.477. The molecule has 0 amide bonds. The van der Waals surface area contributed by atoms with Crippen molar-refractivity contribution in [2.24, 2.45) is 11.3 Å². The van der Waals surface area contributed by atoms with E-state index in [1.807, 2.05) is 0 Å². The summed E-state index contributed by atoms with van der Waals surface area (Å²) in [6, 6.07) is 0. The summed E-state index contributed by atoms with van der Waals surface area (Å²) >= 11 is 0. The average Bonchev–Trinajstić information content (AvgIpc) is 3.02. The van der Waals surface area contributed by atoms with Gasteiger partial charge in [0, 0.05) is 19.8 Å². The Kier molecular flexibility index (Phi) is 5.62. The van der Waals surface area contributed by atoms with Crippen LogP contribution in [0.2, 0.25) is 0 Å². The van der Waals surface area contributed by atoms with E-state index >= 15 is 0 Å². The quantitative estimate of drug-likeness (QED) is 0.595. The first-order valence-electron chi connectivity index (χ1n) is 6.51. The predicted molar refractivity (Wildman–Crippen MR) is 65.1 cm³/mol. The molecule has 1 N–H and O–H groups in total. The van der Waals surface area contributed by atoms with E-state index in [4.69, 9.17) is 4.74 Å². The SMILES string of the molecule is CCCNCC(C)(CCOCC)C1CC1. The van der Waals surface area contributed by atoms with E-state index < -0.39 is 0 Å². The summed E-state index contributed by atoms with van der Waals surface area (Å²) in [5.41, 5.74) is 0.477. The van der Waals surface area contributed by atoms with Gasteiger partial charge in [0.05, 0.1) is 0 Å². The highest BCUT2D eigenvalue weighted by Gasteiger charge is 2.40. The molecule has 0 spiro atoms. The molecule has 2 heteroatoms. The predicted octanol–water partition coefficient (Wildman–Crippen LogP) is 2.83. The van der Waals surface area contributed by atoms with E-state index in [-0.39, 0.29) is 0 Å². The maximum absolute atomic E-state index is 5.49. The van der Waals surface area contributed by atoms with Crippen molar-refractivity contribution >= 4 is 0 Å². The van der Waals surface area contributed by atoms with Crippen LogP contribution in [-0.2, 0) is 4.74 Å². The molecule has 15 heavy (non-hydrogen) atoms. The van der Waals surface area contributed by atoms with Crippen molar-refractivity contribution in [1.29, 1.82) is 0 Å². The Morgan fingerprint density at radius 3 is 2.60 bits per heavy atom. The van der Waals surface area contributed by atoms with Gasteiger partial charge in [0.25, 0.3) is 0 Å². The van der Waals surface area contributed by atoms with Gasteiger partial charge in [-0.25, -0.2) is 0 Å². The van der Waals surface area contributed by atoms with Gasteiger partial charge in [-0.2, -0.15) is 0 Å². The van der Waals surface area contributed by atoms with Crippen LogP contribution < -0.4 is 5.32 Å². The summed E-state index contributed by atoms with van der Waals surface area (Å²) in [5, 5.41) is 3.57. The Morgan fingerprint density at radius 1 is 1.33 bits per heavy atom. The molecule has 1 unspecified atom stereocenters. The molecule has 0 aromatic carbocycles. The average molecular weight is 213 g/mol. The second kappa shape index (κ2) is 6.49. The van der Waals surface area contributed by atoms with Crippen molar-refractivity contribution in [2.75, 3.05) is 26.3 Å². The summed E-state index contributed by atoms with van der Waals surface area (Å²) in [4.78, 5) is 0. The topological polar surface area (TPSA) is 21.3 Å². The molecule has 2 nitrogen and oxygen atoms in total. The minimum absolute atomic E-state index is 0.477. The van der Waals surface area contributed by atoms with Crippen LogP contribution in [-0.4, -0.2) is 26.3 Å². The lowest BCUT2D eigenvalue weighted by Crippen LogP contribution is -2.35. The summed E-state index contributed by atoms with van der Waals surface area (Å²) in [6.45, 7) is 10.8. The number of hydrogen-bond donors (Lipinski definition) is 1. The normalized spacial score (nSPS) is 20.2. The molecule has 90 valence electrons. The second-order valence-corrected chi connectivity index (χ2v) is 5.05. The van der Waals surface area contributed by atoms with E-state index in [1.165, 1.54) is 32.2 Å². The maximum Gasteiger partial charge on any atom is 0.0471 e. The molecule has 1 fully saturated rings. The second-order valence-electron chi connectivity index (χ2n) is 5.05. The zero-order valence-corrected chi connectivity index (χ0v) is 10.6. The first kappa shape index (κ1) is 13.0. The Morgan fingerprint density at radius 2 is 2.07 bits per heavy atom. The smallest absolute Gasteiger partial charge is 0.0471 e. The molecule has 0 aromatic heterocycles. The zero-order chi connectivity index (χ0) is 11.1. The van der Waals surface area contributed by atoms with E-state index in [0.29, 0.717) is 5.41 Å². The van der Waals surface area contributed by atoms with Crippen molar-refractivity contribution in [2.45, 2.75) is 46.5 Å². The number of ether oxygens (including phenoxy) is 1. The molecule has 0 bridgehead atoms. The fourth-order valence-corrected chi connectivity index (χ4v) is 2.22. The fraction of sp³-hybridized carbons (Fsp3) is 1.00. The van der Waals surface area contributed by atoms with Gasteiger partial charge in [0.2, 0.25) is 0 Å². The largest absolute Gasteiger partial charge is 0.382 e. The fourth-order valence-electron chi connectivity index (χ4n) is 2.22. The maximum atomic E-state index is 5.49. The van der Waals surface area contributed by atoms with Crippen LogP contribution in [0.3, 0.4) is 0 Å². The van der Waals surface area contributed by atoms with Crippen molar-refractivity contribution < 1.29 is 4.74 Å². The molecule has 1 aliphatic carbocycles. The third kappa shape index (κ3) is 4.52. The van der Waals surface area contributed by atoms with Gasteiger partial charge in [0.15, 0.2) is 0 Å². The Labute approximate surface area is 94.8 Å². The Hall–Kier alpha value is -0.0800. The first-order chi connectivity index (χ1) is 7.23. The van der Waals surface area contributed by atoms with Crippen LogP contribution in [0.4, 0.5) is 0 Å². The summed E-state index contributed by atoms with van der Waals surface area (Å²) in [5.74, 6) is 0.947. The third-order valence-electron chi connectivity index (χ3n) is 3.54. The molecule has 1 rings (SSSR count). The molecule has 1 aliphatic rings. The molecule has 0 saturated heterocycles. The molecule has 0 aromatic rings. The molecule has 1 saturated carbocycles. The lowest BCUT2D eigenvalue weighted by Gasteiger charge is -2.30. The minimum Gasteiger partial charge on any atom is -0.382 e. The standard InChI is InChI=1S/C13H27NO/c1-4-9-14-11-13(3,12-6-7-12)8-10-15-5-2/h12,14H,4-11H2,1-3H3. The van der Waals surface area contributed by atoms with E-state index in [9.17, 15) is 0 Å². The third-order valence-corrected chi connectivity index (χ3v) is 3.54. The van der Waals surface area contributed by atoms with Gasteiger partial charge in [-0.1, -0.05) is 13.8 Å². The Bertz CT molecular complexity index is 156. The van der Waals surface area contributed by atoms with Crippen LogP contribution >= 0.6 is 0 Å². The molecule has 1 atom stereocenters. The van der Waals surface area contributed by atoms with E-state index in [0.717, 1.165) is 25.7 Å². The molecule has 0 heterocycles. The van der Waals surface area contributed by atoms with E-state index in [1.54, 1.807) is 0 Å². The summed E-state index contributed by atoms with van der Waals surface area (Å²) in [7, 11) is 0. The van der Waals surface area contributed by atoms with Gasteiger partial charge in [0.1, 0.15) is 0 Å². The molecule has 0 radical (unpaired) electrons. The van der Waals surface area contributed by atoms with Crippen molar-refractivity contribution in [3.63, 3.8) is 0 Å². The highest BCUT2D eigenvalue weighted by Crippen LogP contribution is 2.47. The number of hydrogen-bond acceptors (Lipinski definition) is 2. The van der Waals surface area contributed by atoms with Crippen molar-refractivity contribution in [3.8, 4) is 0 Å². The van der Waals surface area contributed by atoms with Crippen molar-refractivity contribution in [3.05, 3.63) is 0 Å². The van der Waals surface area contributed by atoms with Crippen LogP contribution in [0.15, 0.2) is 0 Å². The summed E-state index contributed by atoms with van der Waals surface area (Å²) < 4.78 is 5.49. The summed E-state index contributed by atoms with van der Waals surface area (Å²) in [6.07, 6.45) is 5.29. The van der Waals surface area contributed by atoms with Gasteiger partial charge in [-0.05, 0) is 50.5 Å². The molecule has 0 aliphatic heterocycles. The number of rotatable bonds is 9. The van der Waals surface area contributed by atoms with Crippen molar-refractivity contribution in [1.82, 2.24) is 5.32 Å². The van der Waals surface area contributed by atoms with Crippen LogP contribution in [0.25, 0.3) is 0 Å². The van der Waals surface area contributed by atoms with Crippen LogP contribution in [0.5, 0.6) is 0 Å². The van der Waals surface area contributed by atoms with Gasteiger partial charge in [-0.3, -0.25) is 0 Å². The number of nitrogens with one attached hydrogen (secondary N) is 1. The zero-order valence-electron chi connectivity index (χ0n) is 10.6. The monoisotopic (exact) mass is 213 g/mol. The van der Waals surface area contributed by atoms with Crippen LogP contribution in [0.1, 0.15) is 46.5 Å². The van der Waals surface area contributed by atoms with E-state index in [2.05, 4.69) is 26.1 Å². The van der Waals surface area contributed by atoms with Gasteiger partial charge >= 0.3 is 0 Å². The molecular formula is C13H27NO.